The average Bonchev–Trinajstić information content (AvgIpc) is 3.07. The number of carbonyl (C=O) groups is 1. The Hall–Kier alpha value is -3.21. The van der Waals surface area contributed by atoms with Crippen molar-refractivity contribution in [1.29, 1.82) is 0 Å². The Bertz CT molecular complexity index is 765. The van der Waals surface area contributed by atoms with Crippen LogP contribution in [0.5, 0.6) is 17.2 Å². The van der Waals surface area contributed by atoms with Crippen LogP contribution in [0.3, 0.4) is 0 Å². The molecule has 0 saturated carbocycles. The molecule has 5 heteroatoms. The summed E-state index contributed by atoms with van der Waals surface area (Å²) in [4.78, 5) is 12.0. The molecule has 1 aliphatic heterocycles. The van der Waals surface area contributed by atoms with Crippen molar-refractivity contribution in [2.24, 2.45) is 0 Å². The second kappa shape index (κ2) is 7.37. The van der Waals surface area contributed by atoms with Crippen LogP contribution in [-0.4, -0.2) is 19.3 Å². The number of amides is 1. The van der Waals surface area contributed by atoms with Crippen molar-refractivity contribution in [3.63, 3.8) is 0 Å². The predicted octanol–water partition coefficient (Wildman–Crippen LogP) is 3.63. The monoisotopic (exact) mass is 323 g/mol. The molecule has 5 nitrogen and oxygen atoms in total. The molecule has 2 aromatic carbocycles. The lowest BCUT2D eigenvalue weighted by atomic mass is 10.2. The Morgan fingerprint density at radius 3 is 2.75 bits per heavy atom. The number of anilines is 1. The van der Waals surface area contributed by atoms with Crippen LogP contribution in [0.4, 0.5) is 5.69 Å². The lowest BCUT2D eigenvalue weighted by molar-refractivity contribution is -0.111. The maximum absolute atomic E-state index is 12.0. The summed E-state index contributed by atoms with van der Waals surface area (Å²) in [6.07, 6.45) is 4.90. The van der Waals surface area contributed by atoms with Crippen molar-refractivity contribution in [3.05, 3.63) is 66.8 Å². The van der Waals surface area contributed by atoms with E-state index >= 15 is 0 Å². The first-order valence-electron chi connectivity index (χ1n) is 7.47. The van der Waals surface area contributed by atoms with Crippen LogP contribution in [0, 0.1) is 0 Å². The lowest BCUT2D eigenvalue weighted by Crippen LogP contribution is -2.07. The molecule has 0 bridgehead atoms. The second-order valence-corrected chi connectivity index (χ2v) is 5.06. The summed E-state index contributed by atoms with van der Waals surface area (Å²) in [5, 5.41) is 2.78. The van der Waals surface area contributed by atoms with Crippen molar-refractivity contribution < 1.29 is 19.0 Å². The molecular formula is C19H17NO4. The van der Waals surface area contributed by atoms with Gasteiger partial charge in [-0.2, -0.15) is 0 Å². The maximum Gasteiger partial charge on any atom is 0.248 e. The van der Waals surface area contributed by atoms with Gasteiger partial charge in [0.1, 0.15) is 12.4 Å². The van der Waals surface area contributed by atoms with Crippen LogP contribution in [-0.2, 0) is 4.79 Å². The van der Waals surface area contributed by atoms with E-state index in [-0.39, 0.29) is 12.7 Å². The molecule has 24 heavy (non-hydrogen) atoms. The molecule has 0 atom stereocenters. The molecule has 0 spiro atoms. The van der Waals surface area contributed by atoms with E-state index in [1.54, 1.807) is 30.4 Å². The number of fused-ring (bicyclic) bond motifs is 1. The Balaban J connectivity index is 1.58. The summed E-state index contributed by atoms with van der Waals surface area (Å²) in [6.45, 7) is 4.27. The van der Waals surface area contributed by atoms with Gasteiger partial charge >= 0.3 is 0 Å². The third kappa shape index (κ3) is 3.95. The Labute approximate surface area is 140 Å². The summed E-state index contributed by atoms with van der Waals surface area (Å²) < 4.78 is 15.9. The summed E-state index contributed by atoms with van der Waals surface area (Å²) >= 11 is 0. The highest BCUT2D eigenvalue weighted by Gasteiger charge is 2.13. The van der Waals surface area contributed by atoms with E-state index in [2.05, 4.69) is 11.9 Å². The van der Waals surface area contributed by atoms with Crippen molar-refractivity contribution >= 4 is 17.7 Å². The molecule has 1 heterocycles. The third-order valence-electron chi connectivity index (χ3n) is 3.32. The van der Waals surface area contributed by atoms with E-state index in [9.17, 15) is 4.79 Å². The van der Waals surface area contributed by atoms with Gasteiger partial charge in [0, 0.05) is 17.8 Å². The Morgan fingerprint density at radius 2 is 1.96 bits per heavy atom. The van der Waals surface area contributed by atoms with Crippen molar-refractivity contribution in [2.45, 2.75) is 0 Å². The summed E-state index contributed by atoms with van der Waals surface area (Å²) in [5.41, 5.74) is 1.56. The number of benzene rings is 2. The van der Waals surface area contributed by atoms with Crippen molar-refractivity contribution in [1.82, 2.24) is 0 Å². The summed E-state index contributed by atoms with van der Waals surface area (Å²) in [6, 6.07) is 12.7. The van der Waals surface area contributed by atoms with Crippen LogP contribution in [0.1, 0.15) is 5.56 Å². The lowest BCUT2D eigenvalue weighted by Gasteiger charge is -2.04. The van der Waals surface area contributed by atoms with Gasteiger partial charge in [0.15, 0.2) is 11.5 Å². The fourth-order valence-electron chi connectivity index (χ4n) is 2.16. The van der Waals surface area contributed by atoms with Crippen LogP contribution in [0.25, 0.3) is 6.08 Å². The van der Waals surface area contributed by atoms with Crippen LogP contribution < -0.4 is 19.5 Å². The average molecular weight is 323 g/mol. The van der Waals surface area contributed by atoms with E-state index in [0.29, 0.717) is 23.8 Å². The molecule has 0 fully saturated rings. The molecular weight excluding hydrogens is 306 g/mol. The van der Waals surface area contributed by atoms with Crippen LogP contribution >= 0.6 is 0 Å². The van der Waals surface area contributed by atoms with Gasteiger partial charge in [-0.25, -0.2) is 0 Å². The van der Waals surface area contributed by atoms with E-state index in [1.807, 2.05) is 24.3 Å². The summed E-state index contributed by atoms with van der Waals surface area (Å²) in [7, 11) is 0. The second-order valence-electron chi connectivity index (χ2n) is 5.06. The van der Waals surface area contributed by atoms with Crippen LogP contribution in [0.15, 0.2) is 61.2 Å². The number of rotatable bonds is 6. The fourth-order valence-corrected chi connectivity index (χ4v) is 2.16. The van der Waals surface area contributed by atoms with E-state index < -0.39 is 0 Å². The molecule has 0 unspecified atom stereocenters. The van der Waals surface area contributed by atoms with Crippen molar-refractivity contribution in [2.75, 3.05) is 18.7 Å². The van der Waals surface area contributed by atoms with Gasteiger partial charge in [-0.05, 0) is 35.9 Å². The minimum atomic E-state index is -0.221. The first-order chi connectivity index (χ1) is 11.7. The standard InChI is InChI=1S/C19H17NO4/c1-2-11-22-16-7-3-14(4-8-16)5-10-19(21)20-15-6-9-17-18(12-15)24-13-23-17/h2-10,12H,1,11,13H2,(H,20,21)/b10-5+. The molecule has 1 amide bonds. The number of hydrogen-bond acceptors (Lipinski definition) is 4. The topological polar surface area (TPSA) is 56.8 Å². The first-order valence-corrected chi connectivity index (χ1v) is 7.47. The van der Waals surface area contributed by atoms with E-state index in [4.69, 9.17) is 14.2 Å². The zero-order valence-corrected chi connectivity index (χ0v) is 13.0. The maximum atomic E-state index is 12.0. The van der Waals surface area contributed by atoms with Crippen molar-refractivity contribution in [3.8, 4) is 17.2 Å². The van der Waals surface area contributed by atoms with Gasteiger partial charge in [-0.15, -0.1) is 0 Å². The van der Waals surface area contributed by atoms with Crippen LogP contribution in [0.2, 0.25) is 0 Å². The Kier molecular flexibility index (Phi) is 4.81. The zero-order valence-electron chi connectivity index (χ0n) is 13.0. The predicted molar refractivity (Wildman–Crippen MR) is 92.4 cm³/mol. The van der Waals surface area contributed by atoms with E-state index in [0.717, 1.165) is 11.3 Å². The van der Waals surface area contributed by atoms with Gasteiger partial charge in [-0.3, -0.25) is 4.79 Å². The number of carbonyl (C=O) groups excluding carboxylic acids is 1. The zero-order chi connectivity index (χ0) is 16.8. The largest absolute Gasteiger partial charge is 0.490 e. The number of hydrogen-bond donors (Lipinski definition) is 1. The normalized spacial score (nSPS) is 12.2. The van der Waals surface area contributed by atoms with Gasteiger partial charge in [-0.1, -0.05) is 24.8 Å². The van der Waals surface area contributed by atoms with Gasteiger partial charge in [0.05, 0.1) is 0 Å². The molecule has 2 aromatic rings. The molecule has 0 aliphatic carbocycles. The minimum absolute atomic E-state index is 0.207. The highest BCUT2D eigenvalue weighted by atomic mass is 16.7. The molecule has 122 valence electrons. The summed E-state index contributed by atoms with van der Waals surface area (Å²) in [5.74, 6) is 1.85. The quantitative estimate of drug-likeness (QED) is 0.651. The van der Waals surface area contributed by atoms with Gasteiger partial charge < -0.3 is 19.5 Å². The molecule has 1 N–H and O–H groups in total. The number of ether oxygens (including phenoxy) is 3. The molecule has 3 rings (SSSR count). The molecule has 0 aromatic heterocycles. The minimum Gasteiger partial charge on any atom is -0.490 e. The van der Waals surface area contributed by atoms with E-state index in [1.165, 1.54) is 6.08 Å². The third-order valence-corrected chi connectivity index (χ3v) is 3.32. The van der Waals surface area contributed by atoms with Gasteiger partial charge in [0.2, 0.25) is 12.7 Å². The molecule has 0 saturated heterocycles. The van der Waals surface area contributed by atoms with Gasteiger partial charge in [0.25, 0.3) is 0 Å². The fraction of sp³-hybridized carbons (Fsp3) is 0.105. The number of nitrogens with one attached hydrogen (secondary N) is 1. The molecule has 1 aliphatic rings. The molecule has 0 radical (unpaired) electrons. The SMILES string of the molecule is C=CCOc1ccc(/C=C/C(=O)Nc2ccc3c(c2)OCO3)cc1. The highest BCUT2D eigenvalue weighted by Crippen LogP contribution is 2.34. The first kappa shape index (κ1) is 15.7. The Morgan fingerprint density at radius 1 is 1.17 bits per heavy atom. The smallest absolute Gasteiger partial charge is 0.248 e. The highest BCUT2D eigenvalue weighted by molar-refractivity contribution is 6.02.